The van der Waals surface area contributed by atoms with Crippen LogP contribution >= 0.6 is 7.82 Å². The molecule has 0 aromatic heterocycles. The monoisotopic (exact) mass is 339 g/mol. The van der Waals surface area contributed by atoms with Gasteiger partial charge in [-0.1, -0.05) is 25.7 Å². The van der Waals surface area contributed by atoms with E-state index in [1.54, 1.807) is 0 Å². The maximum Gasteiger partial charge on any atom is 0.268 e. The minimum absolute atomic E-state index is 0.157. The molecule has 0 aliphatic heterocycles. The number of phosphoric acid groups is 1. The smallest absolute Gasteiger partial charge is 0.268 e. The fourth-order valence-electron chi connectivity index (χ4n) is 1.80. The largest absolute Gasteiger partial charge is 0.756 e. The van der Waals surface area contributed by atoms with Gasteiger partial charge in [0.2, 0.25) is 0 Å². The van der Waals surface area contributed by atoms with Crippen molar-refractivity contribution >= 4 is 7.82 Å². The highest BCUT2D eigenvalue weighted by Crippen LogP contribution is 2.38. The Labute approximate surface area is 136 Å². The highest BCUT2D eigenvalue weighted by Gasteiger charge is 2.12. The van der Waals surface area contributed by atoms with E-state index in [1.165, 1.54) is 0 Å². The number of nitrogens with zero attached hydrogens (tertiary/aromatic N) is 1. The lowest BCUT2D eigenvalue weighted by Crippen LogP contribution is -2.37. The number of ether oxygens (including phenoxy) is 1. The molecule has 6 nitrogen and oxygen atoms in total. The van der Waals surface area contributed by atoms with Crippen LogP contribution in [0.1, 0.15) is 45.4 Å². The second-order valence-corrected chi connectivity index (χ2v) is 7.86. The van der Waals surface area contributed by atoms with E-state index in [4.69, 9.17) is 13.8 Å². The van der Waals surface area contributed by atoms with Crippen molar-refractivity contribution < 1.29 is 27.7 Å². The molecule has 0 rings (SSSR count). The number of unbranched alkanes of at least 4 members (excludes halogenated alkanes) is 5. The molecule has 0 aliphatic carbocycles. The zero-order valence-corrected chi connectivity index (χ0v) is 15.6. The van der Waals surface area contributed by atoms with E-state index in [-0.39, 0.29) is 13.2 Å². The molecular formula is C15H34NO5P. The third-order valence-corrected chi connectivity index (χ3v) is 4.15. The van der Waals surface area contributed by atoms with Crippen LogP contribution in [0, 0.1) is 0 Å². The number of phosphoric ester groups is 1. The fourth-order valence-corrected chi connectivity index (χ4v) is 2.53. The molecule has 0 heterocycles. The lowest BCUT2D eigenvalue weighted by Gasteiger charge is -2.27. The highest BCUT2D eigenvalue weighted by atomic mass is 31.2. The summed E-state index contributed by atoms with van der Waals surface area (Å²) in [7, 11) is 1.81. The molecule has 0 aliphatic rings. The summed E-state index contributed by atoms with van der Waals surface area (Å²) in [5.41, 5.74) is 0. The van der Waals surface area contributed by atoms with Crippen molar-refractivity contribution in [1.82, 2.24) is 0 Å². The third kappa shape index (κ3) is 16.4. The molecule has 0 aromatic carbocycles. The average Bonchev–Trinajstić information content (AvgIpc) is 2.39. The van der Waals surface area contributed by atoms with Crippen LogP contribution in [-0.2, 0) is 18.3 Å². The highest BCUT2D eigenvalue weighted by molar-refractivity contribution is 7.45. The summed E-state index contributed by atoms with van der Waals surface area (Å²) in [6.07, 6.45) is 6.24. The van der Waals surface area contributed by atoms with Gasteiger partial charge in [-0.15, -0.1) is 0 Å². The maximum absolute atomic E-state index is 11.5. The Balaban J connectivity index is 3.43. The molecule has 0 saturated carbocycles. The lowest BCUT2D eigenvalue weighted by atomic mass is 10.1. The van der Waals surface area contributed by atoms with Gasteiger partial charge < -0.3 is 23.2 Å². The zero-order chi connectivity index (χ0) is 16.9. The Morgan fingerprint density at radius 3 is 1.91 bits per heavy atom. The molecule has 0 radical (unpaired) electrons. The van der Waals surface area contributed by atoms with Gasteiger partial charge in [-0.05, 0) is 19.8 Å². The average molecular weight is 339 g/mol. The van der Waals surface area contributed by atoms with Crippen molar-refractivity contribution in [3.05, 3.63) is 0 Å². The first kappa shape index (κ1) is 22.0. The standard InChI is InChI=1S/C15H34NO5P/c1-5-19-13-10-8-6-7-9-11-14-20-22(17,18)21-15-12-16(2,3)4/h5-15H2,1-4H3. The summed E-state index contributed by atoms with van der Waals surface area (Å²) in [5, 5.41) is 0. The van der Waals surface area contributed by atoms with E-state index in [0.717, 1.165) is 51.7 Å². The zero-order valence-electron chi connectivity index (χ0n) is 14.7. The first-order valence-corrected chi connectivity index (χ1v) is 9.71. The summed E-state index contributed by atoms with van der Waals surface area (Å²) >= 11 is 0. The second kappa shape index (κ2) is 12.5. The second-order valence-electron chi connectivity index (χ2n) is 6.45. The van der Waals surface area contributed by atoms with Crippen molar-refractivity contribution in [1.29, 1.82) is 0 Å². The van der Waals surface area contributed by atoms with Gasteiger partial charge in [0.1, 0.15) is 13.2 Å². The van der Waals surface area contributed by atoms with E-state index in [1.807, 2.05) is 28.1 Å². The van der Waals surface area contributed by atoms with Gasteiger partial charge in [0.25, 0.3) is 7.82 Å². The predicted molar refractivity (Wildman–Crippen MR) is 86.6 cm³/mol. The quantitative estimate of drug-likeness (QED) is 0.261. The van der Waals surface area contributed by atoms with Crippen LogP contribution in [0.2, 0.25) is 0 Å². The van der Waals surface area contributed by atoms with Gasteiger partial charge in [-0.2, -0.15) is 0 Å². The molecule has 0 fully saturated rings. The summed E-state index contributed by atoms with van der Waals surface area (Å²) < 4.78 is 27.1. The molecule has 0 amide bonds. The SMILES string of the molecule is CCOCCCCCCCCOP(=O)([O-])OCC[N+](C)(C)C. The summed E-state index contributed by atoms with van der Waals surface area (Å²) in [6, 6.07) is 0. The molecule has 0 saturated heterocycles. The molecule has 7 heteroatoms. The van der Waals surface area contributed by atoms with Crippen molar-refractivity contribution in [2.45, 2.75) is 45.4 Å². The van der Waals surface area contributed by atoms with E-state index in [9.17, 15) is 9.46 Å². The Morgan fingerprint density at radius 2 is 1.36 bits per heavy atom. The summed E-state index contributed by atoms with van der Waals surface area (Å²) in [6.45, 7) is 4.61. The number of rotatable bonds is 15. The van der Waals surface area contributed by atoms with Crippen LogP contribution in [0.3, 0.4) is 0 Å². The van der Waals surface area contributed by atoms with Gasteiger partial charge in [0.05, 0.1) is 27.7 Å². The molecule has 1 atom stereocenters. The Bertz CT molecular complexity index is 307. The first-order valence-electron chi connectivity index (χ1n) is 8.25. The van der Waals surface area contributed by atoms with Crippen molar-refractivity contribution in [3.63, 3.8) is 0 Å². The van der Waals surface area contributed by atoms with E-state index in [2.05, 4.69) is 0 Å². The first-order chi connectivity index (χ1) is 10.3. The minimum atomic E-state index is -4.13. The Morgan fingerprint density at radius 1 is 0.864 bits per heavy atom. The molecule has 0 N–H and O–H groups in total. The van der Waals surface area contributed by atoms with Crippen LogP contribution in [0.25, 0.3) is 0 Å². The van der Waals surface area contributed by atoms with Gasteiger partial charge >= 0.3 is 0 Å². The number of hydrogen-bond donors (Lipinski definition) is 0. The normalized spacial score (nSPS) is 15.0. The summed E-state index contributed by atoms with van der Waals surface area (Å²) in [4.78, 5) is 11.5. The Kier molecular flexibility index (Phi) is 12.5. The number of hydrogen-bond acceptors (Lipinski definition) is 5. The van der Waals surface area contributed by atoms with Crippen LogP contribution in [0.15, 0.2) is 0 Å². The van der Waals surface area contributed by atoms with Gasteiger partial charge in [0, 0.05) is 13.2 Å². The van der Waals surface area contributed by atoms with E-state index in [0.29, 0.717) is 11.0 Å². The molecule has 0 aromatic rings. The molecule has 1 unspecified atom stereocenters. The Hall–Kier alpha value is 0.0300. The topological polar surface area (TPSA) is 67.8 Å². The minimum Gasteiger partial charge on any atom is -0.756 e. The maximum atomic E-state index is 11.5. The van der Waals surface area contributed by atoms with Crippen molar-refractivity contribution in [2.75, 3.05) is 54.1 Å². The molecule has 0 spiro atoms. The van der Waals surface area contributed by atoms with Crippen LogP contribution < -0.4 is 4.89 Å². The summed E-state index contributed by atoms with van der Waals surface area (Å²) in [5.74, 6) is 0. The fraction of sp³-hybridized carbons (Fsp3) is 1.00. The molecular weight excluding hydrogens is 305 g/mol. The van der Waals surface area contributed by atoms with Gasteiger partial charge in [-0.3, -0.25) is 4.57 Å². The number of likely N-dealkylation sites (N-methyl/N-ethyl adjacent to an activating group) is 1. The van der Waals surface area contributed by atoms with Gasteiger partial charge in [-0.25, -0.2) is 0 Å². The van der Waals surface area contributed by atoms with Gasteiger partial charge in [0.15, 0.2) is 0 Å². The van der Waals surface area contributed by atoms with Crippen molar-refractivity contribution in [3.8, 4) is 0 Å². The lowest BCUT2D eigenvalue weighted by molar-refractivity contribution is -0.870. The molecule has 0 bridgehead atoms. The third-order valence-electron chi connectivity index (χ3n) is 3.15. The van der Waals surface area contributed by atoms with Crippen LogP contribution in [0.4, 0.5) is 0 Å². The van der Waals surface area contributed by atoms with Crippen molar-refractivity contribution in [2.24, 2.45) is 0 Å². The molecule has 134 valence electrons. The van der Waals surface area contributed by atoms with Crippen LogP contribution in [-0.4, -0.2) is 58.6 Å². The molecule has 22 heavy (non-hydrogen) atoms. The van der Waals surface area contributed by atoms with E-state index >= 15 is 0 Å². The van der Waals surface area contributed by atoms with E-state index < -0.39 is 7.82 Å². The number of quaternary nitrogens is 1. The predicted octanol–water partition coefficient (Wildman–Crippen LogP) is 2.57. The van der Waals surface area contributed by atoms with Crippen LogP contribution in [0.5, 0.6) is 0 Å².